The molecule has 0 atom stereocenters. The van der Waals surface area contributed by atoms with Crippen LogP contribution in [-0.4, -0.2) is 9.67 Å². The Morgan fingerprint density at radius 3 is 1.28 bits per heavy atom. The van der Waals surface area contributed by atoms with E-state index in [1.54, 1.807) is 0 Å². The molecule has 0 aliphatic heterocycles. The SMILES string of the molecule is CCCCCCCCCCCCCCCCn1c(CO)[n+](CCCCCCCCCCCCCCCC)c2ccccc21. The molecule has 0 amide bonds. The average Bonchev–Trinajstić information content (AvgIpc) is 3.33. The number of fused-ring (bicyclic) bond motifs is 1. The molecule has 1 heterocycles. The lowest BCUT2D eigenvalue weighted by atomic mass is 10.0. The van der Waals surface area contributed by atoms with Crippen LogP contribution in [0.25, 0.3) is 11.0 Å². The van der Waals surface area contributed by atoms with Gasteiger partial charge in [-0.3, -0.25) is 0 Å². The zero-order chi connectivity index (χ0) is 30.6. The minimum atomic E-state index is 0.131. The number of para-hydroxylation sites is 2. The molecule has 43 heavy (non-hydrogen) atoms. The van der Waals surface area contributed by atoms with E-state index in [-0.39, 0.29) is 6.61 Å². The highest BCUT2D eigenvalue weighted by Gasteiger charge is 2.23. The molecule has 0 aliphatic carbocycles. The van der Waals surface area contributed by atoms with Crippen molar-refractivity contribution in [3.8, 4) is 0 Å². The predicted octanol–water partition coefficient (Wildman–Crippen LogP) is 12.4. The summed E-state index contributed by atoms with van der Waals surface area (Å²) in [5.74, 6) is 1.10. The molecule has 248 valence electrons. The number of hydrogen-bond donors (Lipinski definition) is 1. The molecule has 0 unspecified atom stereocenters. The Morgan fingerprint density at radius 1 is 0.488 bits per heavy atom. The van der Waals surface area contributed by atoms with Gasteiger partial charge in [0.15, 0.2) is 11.0 Å². The molecular weight excluding hydrogens is 524 g/mol. The lowest BCUT2D eigenvalue weighted by Gasteiger charge is -2.05. The van der Waals surface area contributed by atoms with E-state index in [2.05, 4.69) is 47.2 Å². The number of aryl methyl sites for hydroxylation is 2. The highest BCUT2D eigenvalue weighted by Crippen LogP contribution is 2.19. The first-order valence-electron chi connectivity index (χ1n) is 19.4. The molecule has 2 rings (SSSR count). The number of hydrogen-bond acceptors (Lipinski definition) is 1. The monoisotopic (exact) mass is 598 g/mol. The van der Waals surface area contributed by atoms with Crippen LogP contribution in [0.4, 0.5) is 0 Å². The first-order chi connectivity index (χ1) is 21.3. The van der Waals surface area contributed by atoms with Crippen LogP contribution < -0.4 is 4.57 Å². The third-order valence-electron chi connectivity index (χ3n) is 9.70. The Hall–Kier alpha value is -1.35. The van der Waals surface area contributed by atoms with E-state index in [4.69, 9.17) is 0 Å². The van der Waals surface area contributed by atoms with E-state index >= 15 is 0 Å². The van der Waals surface area contributed by atoms with Gasteiger partial charge in [-0.25, -0.2) is 9.13 Å². The number of rotatable bonds is 31. The summed E-state index contributed by atoms with van der Waals surface area (Å²) >= 11 is 0. The van der Waals surface area contributed by atoms with Crippen molar-refractivity contribution in [1.82, 2.24) is 4.57 Å². The van der Waals surface area contributed by atoms with Crippen molar-refractivity contribution in [3.05, 3.63) is 30.1 Å². The van der Waals surface area contributed by atoms with E-state index in [0.717, 1.165) is 18.9 Å². The van der Waals surface area contributed by atoms with Crippen LogP contribution in [0, 0.1) is 0 Å². The molecule has 0 aliphatic rings. The van der Waals surface area contributed by atoms with Gasteiger partial charge in [-0.05, 0) is 37.8 Å². The summed E-state index contributed by atoms with van der Waals surface area (Å²) < 4.78 is 4.83. The van der Waals surface area contributed by atoms with Gasteiger partial charge in [-0.1, -0.05) is 180 Å². The zero-order valence-electron chi connectivity index (χ0n) is 29.1. The molecule has 0 bridgehead atoms. The largest absolute Gasteiger partial charge is 0.384 e. The minimum Gasteiger partial charge on any atom is -0.384 e. The summed E-state index contributed by atoms with van der Waals surface area (Å²) in [5.41, 5.74) is 2.60. The smallest absolute Gasteiger partial charge is 0.283 e. The van der Waals surface area contributed by atoms with E-state index < -0.39 is 0 Å². The van der Waals surface area contributed by atoms with E-state index in [1.807, 2.05) is 0 Å². The molecule has 3 heteroatoms. The minimum absolute atomic E-state index is 0.131. The van der Waals surface area contributed by atoms with Crippen molar-refractivity contribution in [2.75, 3.05) is 0 Å². The zero-order valence-corrected chi connectivity index (χ0v) is 29.1. The van der Waals surface area contributed by atoms with Crippen LogP contribution in [0.15, 0.2) is 24.3 Å². The van der Waals surface area contributed by atoms with Gasteiger partial charge in [0.25, 0.3) is 5.82 Å². The Morgan fingerprint density at radius 2 is 0.860 bits per heavy atom. The van der Waals surface area contributed by atoms with Crippen LogP contribution in [-0.2, 0) is 19.7 Å². The van der Waals surface area contributed by atoms with Crippen LogP contribution in [0.2, 0.25) is 0 Å². The topological polar surface area (TPSA) is 29.0 Å². The molecule has 0 spiro atoms. The summed E-state index contributed by atoms with van der Waals surface area (Å²) in [5, 5.41) is 10.4. The van der Waals surface area contributed by atoms with Crippen LogP contribution in [0.5, 0.6) is 0 Å². The van der Waals surface area contributed by atoms with Crippen molar-refractivity contribution in [2.24, 2.45) is 0 Å². The fourth-order valence-electron chi connectivity index (χ4n) is 6.94. The third-order valence-corrected chi connectivity index (χ3v) is 9.70. The molecule has 0 fully saturated rings. The van der Waals surface area contributed by atoms with Crippen LogP contribution in [0.3, 0.4) is 0 Å². The van der Waals surface area contributed by atoms with E-state index in [0.29, 0.717) is 0 Å². The van der Waals surface area contributed by atoms with Crippen LogP contribution >= 0.6 is 0 Å². The normalized spacial score (nSPS) is 11.7. The van der Waals surface area contributed by atoms with Gasteiger partial charge in [-0.15, -0.1) is 0 Å². The molecule has 0 saturated carbocycles. The Kier molecular flexibility index (Phi) is 23.8. The molecule has 0 saturated heterocycles. The van der Waals surface area contributed by atoms with Crippen molar-refractivity contribution >= 4 is 11.0 Å². The fourth-order valence-corrected chi connectivity index (χ4v) is 6.94. The third kappa shape index (κ3) is 17.1. The summed E-state index contributed by atoms with van der Waals surface area (Å²) in [6.45, 7) is 6.78. The lowest BCUT2D eigenvalue weighted by Crippen LogP contribution is -2.38. The maximum absolute atomic E-state index is 10.4. The molecule has 0 radical (unpaired) electrons. The number of aromatic nitrogens is 2. The highest BCUT2D eigenvalue weighted by molar-refractivity contribution is 5.72. The number of benzene rings is 1. The Labute approximate surface area is 268 Å². The first-order valence-corrected chi connectivity index (χ1v) is 19.4. The van der Waals surface area contributed by atoms with Gasteiger partial charge in [0.05, 0.1) is 13.1 Å². The molecule has 1 aromatic heterocycles. The summed E-state index contributed by atoms with van der Waals surface area (Å²) in [6, 6.07) is 8.81. The Bertz CT molecular complexity index is 819. The molecular formula is C40H73N2O+. The van der Waals surface area contributed by atoms with Crippen molar-refractivity contribution in [1.29, 1.82) is 0 Å². The molecule has 1 N–H and O–H groups in total. The summed E-state index contributed by atoms with van der Waals surface area (Å²) in [7, 11) is 0. The van der Waals surface area contributed by atoms with Gasteiger partial charge in [-0.2, -0.15) is 0 Å². The first kappa shape index (κ1) is 37.8. The highest BCUT2D eigenvalue weighted by atomic mass is 16.3. The van der Waals surface area contributed by atoms with Crippen LogP contribution in [0.1, 0.15) is 199 Å². The predicted molar refractivity (Wildman–Crippen MR) is 189 cm³/mol. The van der Waals surface area contributed by atoms with Gasteiger partial charge in [0, 0.05) is 0 Å². The Balaban J connectivity index is 1.58. The quantitative estimate of drug-likeness (QED) is 0.0679. The fraction of sp³-hybridized carbons (Fsp3) is 0.825. The van der Waals surface area contributed by atoms with Gasteiger partial charge >= 0.3 is 0 Å². The molecule has 2 aromatic rings. The van der Waals surface area contributed by atoms with E-state index in [1.165, 1.54) is 191 Å². The summed E-state index contributed by atoms with van der Waals surface area (Å²) in [6.07, 6.45) is 39.0. The maximum Gasteiger partial charge on any atom is 0.283 e. The standard InChI is InChI=1S/C40H73N2O/c1-3-5-7-9-11-13-15-17-19-21-23-25-27-31-35-41-38-33-29-30-34-39(38)42(40(41)37-43)36-32-28-26-24-22-20-18-16-14-12-10-8-6-4-2/h29-30,33-34,43H,3-28,31-32,35-37H2,1-2H3/q+1. The number of nitrogens with zero attached hydrogens (tertiary/aromatic N) is 2. The van der Waals surface area contributed by atoms with Crippen molar-refractivity contribution in [3.63, 3.8) is 0 Å². The summed E-state index contributed by atoms with van der Waals surface area (Å²) in [4.78, 5) is 0. The number of aliphatic hydroxyl groups is 1. The average molecular weight is 598 g/mol. The molecule has 3 nitrogen and oxygen atoms in total. The van der Waals surface area contributed by atoms with E-state index in [9.17, 15) is 5.11 Å². The second-order valence-corrected chi connectivity index (χ2v) is 13.6. The lowest BCUT2D eigenvalue weighted by molar-refractivity contribution is -0.682. The number of imidazole rings is 1. The second-order valence-electron chi connectivity index (χ2n) is 13.6. The second kappa shape index (κ2) is 27.0. The number of aliphatic hydroxyl groups excluding tert-OH is 1. The number of unbranched alkanes of at least 4 members (excludes halogenated alkanes) is 26. The molecule has 1 aromatic carbocycles. The van der Waals surface area contributed by atoms with Crippen molar-refractivity contribution < 1.29 is 9.67 Å². The van der Waals surface area contributed by atoms with Gasteiger partial charge in [0.1, 0.15) is 6.61 Å². The maximum atomic E-state index is 10.4. The van der Waals surface area contributed by atoms with Gasteiger partial charge < -0.3 is 5.11 Å². The van der Waals surface area contributed by atoms with Gasteiger partial charge in [0.2, 0.25) is 0 Å². The van der Waals surface area contributed by atoms with Crippen molar-refractivity contribution in [2.45, 2.75) is 213 Å².